The topological polar surface area (TPSA) is 83.3 Å². The van der Waals surface area contributed by atoms with Crippen molar-refractivity contribution in [2.45, 2.75) is 44.4 Å². The molecule has 2 aliphatic heterocycles. The van der Waals surface area contributed by atoms with Crippen LogP contribution >= 0.6 is 0 Å². The van der Waals surface area contributed by atoms with E-state index in [1.54, 1.807) is 25.2 Å². The Kier molecular flexibility index (Phi) is 4.42. The molecule has 0 spiro atoms. The number of nitrogens with two attached hydrogens (primary N) is 1. The first-order chi connectivity index (χ1) is 11.4. The second-order valence-corrected chi connectivity index (χ2v) is 6.53. The molecular formula is C17H24N2O5. The van der Waals surface area contributed by atoms with Crippen LogP contribution in [0.1, 0.15) is 19.4 Å². The first-order valence-electron chi connectivity index (χ1n) is 7.95. The van der Waals surface area contributed by atoms with Gasteiger partial charge >= 0.3 is 0 Å². The fraction of sp³-hybridized carbons (Fsp3) is 0.588. The summed E-state index contributed by atoms with van der Waals surface area (Å²) in [6.07, 6.45) is -0.225. The summed E-state index contributed by atoms with van der Waals surface area (Å²) in [6, 6.07) is 4.77. The van der Waals surface area contributed by atoms with E-state index >= 15 is 0 Å². The fourth-order valence-corrected chi connectivity index (χ4v) is 3.26. The molecule has 0 bridgehead atoms. The lowest BCUT2D eigenvalue weighted by molar-refractivity contribution is -0.172. The highest BCUT2D eigenvalue weighted by Gasteiger charge is 2.53. The summed E-state index contributed by atoms with van der Waals surface area (Å²) in [4.78, 5) is 14.0. The first kappa shape index (κ1) is 17.0. The van der Waals surface area contributed by atoms with E-state index in [1.807, 2.05) is 26.0 Å². The zero-order chi connectivity index (χ0) is 17.5. The number of methoxy groups -OCH3 is 2. The van der Waals surface area contributed by atoms with Crippen molar-refractivity contribution in [3.05, 3.63) is 23.8 Å². The quantitative estimate of drug-likeness (QED) is 0.804. The van der Waals surface area contributed by atoms with Crippen LogP contribution in [0.2, 0.25) is 0 Å². The average Bonchev–Trinajstić information content (AvgIpc) is 2.93. The van der Waals surface area contributed by atoms with E-state index in [-0.39, 0.29) is 18.1 Å². The van der Waals surface area contributed by atoms with Gasteiger partial charge in [0, 0.05) is 18.2 Å². The van der Waals surface area contributed by atoms with Gasteiger partial charge in [0.2, 0.25) is 5.91 Å². The lowest BCUT2D eigenvalue weighted by atomic mass is 9.90. The Morgan fingerprint density at radius 3 is 2.67 bits per heavy atom. The molecule has 0 unspecified atom stereocenters. The molecule has 2 aliphatic rings. The van der Waals surface area contributed by atoms with Gasteiger partial charge in [0.25, 0.3) is 0 Å². The molecule has 2 saturated heterocycles. The van der Waals surface area contributed by atoms with Gasteiger partial charge in [0.1, 0.15) is 23.6 Å². The molecule has 3 rings (SSSR count). The van der Waals surface area contributed by atoms with E-state index in [9.17, 15) is 4.79 Å². The third-order valence-corrected chi connectivity index (χ3v) is 4.54. The van der Waals surface area contributed by atoms with Gasteiger partial charge in [0.05, 0.1) is 26.9 Å². The Balaban J connectivity index is 1.77. The van der Waals surface area contributed by atoms with Crippen LogP contribution < -0.4 is 15.2 Å². The largest absolute Gasteiger partial charge is 0.497 e. The Morgan fingerprint density at radius 1 is 1.33 bits per heavy atom. The Hall–Kier alpha value is -1.83. The van der Waals surface area contributed by atoms with Crippen molar-refractivity contribution in [1.82, 2.24) is 4.90 Å². The van der Waals surface area contributed by atoms with Gasteiger partial charge < -0.3 is 29.6 Å². The van der Waals surface area contributed by atoms with E-state index in [4.69, 9.17) is 24.7 Å². The van der Waals surface area contributed by atoms with Crippen molar-refractivity contribution < 1.29 is 23.7 Å². The molecule has 0 saturated carbocycles. The van der Waals surface area contributed by atoms with Crippen LogP contribution in [0, 0.1) is 0 Å². The molecule has 0 radical (unpaired) electrons. The molecule has 1 aromatic carbocycles. The van der Waals surface area contributed by atoms with Crippen LogP contribution in [-0.2, 0) is 20.8 Å². The normalized spacial score (nSPS) is 28.6. The highest BCUT2D eigenvalue weighted by molar-refractivity contribution is 5.89. The number of hydrogen-bond donors (Lipinski definition) is 1. The lowest BCUT2D eigenvalue weighted by Crippen LogP contribution is -2.72. The maximum absolute atomic E-state index is 12.3. The maximum atomic E-state index is 12.3. The molecule has 0 aromatic heterocycles. The van der Waals surface area contributed by atoms with Gasteiger partial charge in [0.15, 0.2) is 5.79 Å². The maximum Gasteiger partial charge on any atom is 0.242 e. The van der Waals surface area contributed by atoms with Gasteiger partial charge in [-0.15, -0.1) is 0 Å². The first-order valence-corrected chi connectivity index (χ1v) is 7.95. The Morgan fingerprint density at radius 2 is 2.08 bits per heavy atom. The number of amides is 1. The molecule has 2 N–H and O–H groups in total. The smallest absolute Gasteiger partial charge is 0.242 e. The average molecular weight is 336 g/mol. The lowest BCUT2D eigenvalue weighted by Gasteiger charge is -2.47. The molecule has 0 aliphatic carbocycles. The van der Waals surface area contributed by atoms with E-state index in [0.717, 1.165) is 5.56 Å². The van der Waals surface area contributed by atoms with Gasteiger partial charge in [-0.3, -0.25) is 4.79 Å². The number of benzene rings is 1. The minimum atomic E-state index is -0.646. The number of nitrogens with zero attached hydrogens (tertiary/aromatic N) is 1. The van der Waals surface area contributed by atoms with E-state index in [2.05, 4.69) is 0 Å². The summed E-state index contributed by atoms with van der Waals surface area (Å²) in [5.74, 6) is 0.636. The predicted octanol–water partition coefficient (Wildman–Crippen LogP) is 0.893. The number of ether oxygens (including phenoxy) is 4. The number of likely N-dealkylation sites (tertiary alicyclic amines) is 1. The summed E-state index contributed by atoms with van der Waals surface area (Å²) in [7, 11) is 3.19. The van der Waals surface area contributed by atoms with E-state index in [0.29, 0.717) is 24.7 Å². The van der Waals surface area contributed by atoms with Crippen LogP contribution in [0.5, 0.6) is 11.5 Å². The SMILES string of the molecule is COc1ccc(CN2C(=O)[C@H](N)[C@@H]2[C@H]2COC(C)(C)O2)c(OC)c1. The molecule has 1 amide bonds. The van der Waals surface area contributed by atoms with Gasteiger partial charge in [-0.1, -0.05) is 0 Å². The van der Waals surface area contributed by atoms with Crippen LogP contribution in [0.15, 0.2) is 18.2 Å². The summed E-state index contributed by atoms with van der Waals surface area (Å²) < 4.78 is 22.1. The van der Waals surface area contributed by atoms with Gasteiger partial charge in [-0.2, -0.15) is 0 Å². The van der Waals surface area contributed by atoms with Crippen molar-refractivity contribution in [2.24, 2.45) is 5.73 Å². The van der Waals surface area contributed by atoms with Crippen molar-refractivity contribution in [1.29, 1.82) is 0 Å². The van der Waals surface area contributed by atoms with Crippen LogP contribution in [0.4, 0.5) is 0 Å². The highest BCUT2D eigenvalue weighted by Crippen LogP contribution is 2.34. The number of carbonyl (C=O) groups is 1. The van der Waals surface area contributed by atoms with Crippen LogP contribution in [0.25, 0.3) is 0 Å². The summed E-state index contributed by atoms with van der Waals surface area (Å²) in [6.45, 7) is 4.55. The molecule has 2 heterocycles. The standard InChI is InChI=1S/C17H24N2O5/c1-17(2)23-9-13(24-17)15-14(18)16(20)19(15)8-10-5-6-11(21-3)7-12(10)22-4/h5-7,13-15H,8-9,18H2,1-4H3/t13-,14-,15+/m1/s1. The fourth-order valence-electron chi connectivity index (χ4n) is 3.26. The number of hydrogen-bond acceptors (Lipinski definition) is 6. The summed E-state index contributed by atoms with van der Waals surface area (Å²) in [5.41, 5.74) is 6.91. The Bertz CT molecular complexity index is 633. The Labute approximate surface area is 141 Å². The van der Waals surface area contributed by atoms with Crippen molar-refractivity contribution in [3.8, 4) is 11.5 Å². The number of carbonyl (C=O) groups excluding carboxylic acids is 1. The van der Waals surface area contributed by atoms with E-state index < -0.39 is 11.8 Å². The summed E-state index contributed by atoms with van der Waals surface area (Å²) in [5, 5.41) is 0. The predicted molar refractivity (Wildman–Crippen MR) is 86.8 cm³/mol. The third kappa shape index (κ3) is 2.94. The van der Waals surface area contributed by atoms with Crippen molar-refractivity contribution >= 4 is 5.91 Å². The van der Waals surface area contributed by atoms with Crippen LogP contribution in [-0.4, -0.2) is 55.6 Å². The molecule has 24 heavy (non-hydrogen) atoms. The minimum Gasteiger partial charge on any atom is -0.497 e. The van der Waals surface area contributed by atoms with Crippen LogP contribution in [0.3, 0.4) is 0 Å². The second kappa shape index (κ2) is 6.23. The molecular weight excluding hydrogens is 312 g/mol. The molecule has 2 fully saturated rings. The zero-order valence-corrected chi connectivity index (χ0v) is 14.4. The summed E-state index contributed by atoms with van der Waals surface area (Å²) >= 11 is 0. The minimum absolute atomic E-state index is 0.0915. The van der Waals surface area contributed by atoms with Crippen molar-refractivity contribution in [3.63, 3.8) is 0 Å². The van der Waals surface area contributed by atoms with Gasteiger partial charge in [-0.25, -0.2) is 0 Å². The van der Waals surface area contributed by atoms with E-state index in [1.165, 1.54) is 0 Å². The second-order valence-electron chi connectivity index (χ2n) is 6.53. The molecule has 3 atom stereocenters. The number of rotatable bonds is 5. The van der Waals surface area contributed by atoms with Gasteiger partial charge in [-0.05, 0) is 26.0 Å². The third-order valence-electron chi connectivity index (χ3n) is 4.54. The molecule has 132 valence electrons. The number of β-lactam (4-membered cyclic amide) rings is 1. The molecule has 7 nitrogen and oxygen atoms in total. The zero-order valence-electron chi connectivity index (χ0n) is 14.4. The highest BCUT2D eigenvalue weighted by atomic mass is 16.7. The molecule has 7 heteroatoms. The molecule has 1 aromatic rings. The van der Waals surface area contributed by atoms with Crippen molar-refractivity contribution in [2.75, 3.05) is 20.8 Å². The monoisotopic (exact) mass is 336 g/mol.